The number of carbonyl (C=O) groups excluding carboxylic acids is 1. The van der Waals surface area contributed by atoms with Crippen LogP contribution in [0, 0.1) is 12.7 Å². The number of piperazine rings is 1. The topological polar surface area (TPSA) is 36.4 Å². The maximum atomic E-state index is 13.1. The van der Waals surface area contributed by atoms with E-state index in [1.165, 1.54) is 23.5 Å². The fraction of sp³-hybridized carbons (Fsp3) is 0.444. The summed E-state index contributed by atoms with van der Waals surface area (Å²) in [5.74, 6) is -0.215. The van der Waals surface area contributed by atoms with Crippen molar-refractivity contribution in [3.8, 4) is 10.6 Å². The summed E-state index contributed by atoms with van der Waals surface area (Å²) in [6.45, 7) is 9.54. The van der Waals surface area contributed by atoms with Crippen LogP contribution < -0.4 is 0 Å². The Kier molecular flexibility index (Phi) is 4.96. The predicted molar refractivity (Wildman–Crippen MR) is 94.9 cm³/mol. The Morgan fingerprint density at radius 2 is 1.79 bits per heavy atom. The SMILES string of the molecule is Cc1nc(-c2ccc(F)cc2)sc1C(=O)N1CCN(C(C)C)CC1. The number of nitrogens with zero attached hydrogens (tertiary/aromatic N) is 3. The lowest BCUT2D eigenvalue weighted by Gasteiger charge is -2.36. The molecular formula is C18H22FN3OS. The third kappa shape index (κ3) is 3.49. The van der Waals surface area contributed by atoms with Gasteiger partial charge >= 0.3 is 0 Å². The Morgan fingerprint density at radius 3 is 2.38 bits per heavy atom. The van der Waals surface area contributed by atoms with Crippen molar-refractivity contribution in [3.63, 3.8) is 0 Å². The number of aryl methyl sites for hydroxylation is 1. The quantitative estimate of drug-likeness (QED) is 0.854. The molecule has 1 aromatic heterocycles. The summed E-state index contributed by atoms with van der Waals surface area (Å²) in [5.41, 5.74) is 1.59. The first-order chi connectivity index (χ1) is 11.5. The molecule has 0 N–H and O–H groups in total. The summed E-state index contributed by atoms with van der Waals surface area (Å²) in [6.07, 6.45) is 0. The second-order valence-corrected chi connectivity index (χ2v) is 7.36. The van der Waals surface area contributed by atoms with E-state index in [1.807, 2.05) is 11.8 Å². The molecule has 6 heteroatoms. The Balaban J connectivity index is 1.75. The molecule has 1 aliphatic heterocycles. The fourth-order valence-electron chi connectivity index (χ4n) is 2.90. The smallest absolute Gasteiger partial charge is 0.265 e. The van der Waals surface area contributed by atoms with E-state index in [2.05, 4.69) is 23.7 Å². The molecule has 0 saturated carbocycles. The molecule has 0 bridgehead atoms. The number of thiazole rings is 1. The zero-order valence-corrected chi connectivity index (χ0v) is 15.1. The number of rotatable bonds is 3. The van der Waals surface area contributed by atoms with Crippen molar-refractivity contribution in [1.29, 1.82) is 0 Å². The van der Waals surface area contributed by atoms with Crippen LogP contribution in [0.1, 0.15) is 29.2 Å². The van der Waals surface area contributed by atoms with Gasteiger partial charge in [-0.2, -0.15) is 0 Å². The van der Waals surface area contributed by atoms with Crippen LogP contribution in [0.4, 0.5) is 4.39 Å². The maximum Gasteiger partial charge on any atom is 0.265 e. The predicted octanol–water partition coefficient (Wildman–Crippen LogP) is 3.42. The molecule has 1 saturated heterocycles. The summed E-state index contributed by atoms with van der Waals surface area (Å²) < 4.78 is 13.1. The minimum absolute atomic E-state index is 0.0572. The first-order valence-electron chi connectivity index (χ1n) is 8.22. The number of amides is 1. The lowest BCUT2D eigenvalue weighted by molar-refractivity contribution is 0.0599. The van der Waals surface area contributed by atoms with Gasteiger partial charge in [-0.15, -0.1) is 11.3 Å². The van der Waals surface area contributed by atoms with Crippen molar-refractivity contribution in [1.82, 2.24) is 14.8 Å². The van der Waals surface area contributed by atoms with Crippen LogP contribution in [0.2, 0.25) is 0 Å². The van der Waals surface area contributed by atoms with Crippen molar-refractivity contribution < 1.29 is 9.18 Å². The van der Waals surface area contributed by atoms with E-state index < -0.39 is 0 Å². The van der Waals surface area contributed by atoms with Crippen molar-refractivity contribution in [2.24, 2.45) is 0 Å². The van der Waals surface area contributed by atoms with Gasteiger partial charge in [0.05, 0.1) is 5.69 Å². The van der Waals surface area contributed by atoms with Gasteiger partial charge in [0.15, 0.2) is 0 Å². The van der Waals surface area contributed by atoms with Crippen LogP contribution in [0.5, 0.6) is 0 Å². The molecule has 0 spiro atoms. The molecule has 24 heavy (non-hydrogen) atoms. The van der Waals surface area contributed by atoms with Gasteiger partial charge in [-0.05, 0) is 45.0 Å². The van der Waals surface area contributed by atoms with Crippen molar-refractivity contribution >= 4 is 17.2 Å². The Bertz CT molecular complexity index is 718. The summed E-state index contributed by atoms with van der Waals surface area (Å²) >= 11 is 1.39. The summed E-state index contributed by atoms with van der Waals surface area (Å²) in [5, 5.41) is 0.761. The van der Waals surface area contributed by atoms with Crippen LogP contribution in [0.15, 0.2) is 24.3 Å². The summed E-state index contributed by atoms with van der Waals surface area (Å²) in [7, 11) is 0. The number of halogens is 1. The fourth-order valence-corrected chi connectivity index (χ4v) is 3.94. The van der Waals surface area contributed by atoms with Gasteiger partial charge in [0.2, 0.25) is 0 Å². The van der Waals surface area contributed by atoms with Crippen molar-refractivity contribution in [3.05, 3.63) is 40.7 Å². The molecule has 1 fully saturated rings. The second-order valence-electron chi connectivity index (χ2n) is 6.36. The summed E-state index contributed by atoms with van der Waals surface area (Å²) in [6, 6.07) is 6.74. The zero-order chi connectivity index (χ0) is 17.3. The van der Waals surface area contributed by atoms with Gasteiger partial charge < -0.3 is 4.90 Å². The number of hydrogen-bond donors (Lipinski definition) is 0. The molecule has 0 radical (unpaired) electrons. The number of hydrogen-bond acceptors (Lipinski definition) is 4. The highest BCUT2D eigenvalue weighted by Crippen LogP contribution is 2.29. The molecule has 2 aromatic rings. The number of aromatic nitrogens is 1. The average Bonchev–Trinajstić information content (AvgIpc) is 2.96. The largest absolute Gasteiger partial charge is 0.335 e. The van der Waals surface area contributed by atoms with Crippen LogP contribution >= 0.6 is 11.3 Å². The minimum Gasteiger partial charge on any atom is -0.335 e. The second kappa shape index (κ2) is 6.99. The molecular weight excluding hydrogens is 325 g/mol. The highest BCUT2D eigenvalue weighted by Gasteiger charge is 2.26. The van der Waals surface area contributed by atoms with Gasteiger partial charge in [-0.1, -0.05) is 0 Å². The van der Waals surface area contributed by atoms with Gasteiger partial charge in [0, 0.05) is 37.8 Å². The Morgan fingerprint density at radius 1 is 1.17 bits per heavy atom. The minimum atomic E-state index is -0.272. The van der Waals surface area contributed by atoms with E-state index >= 15 is 0 Å². The van der Waals surface area contributed by atoms with E-state index in [0.717, 1.165) is 42.4 Å². The van der Waals surface area contributed by atoms with Gasteiger partial charge in [0.1, 0.15) is 15.7 Å². The molecule has 3 rings (SSSR count). The van der Waals surface area contributed by atoms with E-state index in [-0.39, 0.29) is 11.7 Å². The summed E-state index contributed by atoms with van der Waals surface area (Å²) in [4.78, 5) is 22.3. The average molecular weight is 347 g/mol. The molecule has 1 aliphatic rings. The standard InChI is InChI=1S/C18H22FN3OS/c1-12(2)21-8-10-22(11-9-21)18(23)16-13(3)20-17(24-16)14-4-6-15(19)7-5-14/h4-7,12H,8-11H2,1-3H3. The number of carbonyl (C=O) groups is 1. The Labute approximate surface area is 145 Å². The molecule has 1 aromatic carbocycles. The molecule has 1 amide bonds. The molecule has 4 nitrogen and oxygen atoms in total. The van der Waals surface area contributed by atoms with Gasteiger partial charge in [-0.25, -0.2) is 9.37 Å². The molecule has 0 aliphatic carbocycles. The molecule has 2 heterocycles. The van der Waals surface area contributed by atoms with Crippen molar-refractivity contribution in [2.75, 3.05) is 26.2 Å². The Hall–Kier alpha value is -1.79. The third-order valence-electron chi connectivity index (χ3n) is 4.41. The van der Waals surface area contributed by atoms with Crippen LogP contribution in [0.25, 0.3) is 10.6 Å². The van der Waals surface area contributed by atoms with E-state index in [0.29, 0.717) is 10.9 Å². The lowest BCUT2D eigenvalue weighted by atomic mass is 10.2. The van der Waals surface area contributed by atoms with Gasteiger partial charge in [0.25, 0.3) is 5.91 Å². The normalized spacial score (nSPS) is 16.0. The van der Waals surface area contributed by atoms with Crippen LogP contribution in [-0.2, 0) is 0 Å². The maximum absolute atomic E-state index is 13.1. The van der Waals surface area contributed by atoms with Crippen molar-refractivity contribution in [2.45, 2.75) is 26.8 Å². The van der Waals surface area contributed by atoms with E-state index in [9.17, 15) is 9.18 Å². The van der Waals surface area contributed by atoms with Crippen LogP contribution in [0.3, 0.4) is 0 Å². The van der Waals surface area contributed by atoms with Crippen LogP contribution in [-0.4, -0.2) is 52.9 Å². The number of benzene rings is 1. The molecule has 128 valence electrons. The lowest BCUT2D eigenvalue weighted by Crippen LogP contribution is -2.50. The first-order valence-corrected chi connectivity index (χ1v) is 9.04. The van der Waals surface area contributed by atoms with Gasteiger partial charge in [-0.3, -0.25) is 9.69 Å². The van der Waals surface area contributed by atoms with E-state index in [1.54, 1.807) is 12.1 Å². The molecule has 0 unspecified atom stereocenters. The monoisotopic (exact) mass is 347 g/mol. The molecule has 0 atom stereocenters. The zero-order valence-electron chi connectivity index (χ0n) is 14.3. The third-order valence-corrected chi connectivity index (χ3v) is 5.61. The highest BCUT2D eigenvalue weighted by molar-refractivity contribution is 7.17. The first kappa shape index (κ1) is 17.0. The van der Waals surface area contributed by atoms with E-state index in [4.69, 9.17) is 0 Å². The highest BCUT2D eigenvalue weighted by atomic mass is 32.1.